The Morgan fingerprint density at radius 2 is 2.13 bits per heavy atom. The van der Waals surface area contributed by atoms with E-state index < -0.39 is 0 Å². The van der Waals surface area contributed by atoms with Crippen molar-refractivity contribution in [2.75, 3.05) is 32.8 Å². The van der Waals surface area contributed by atoms with Gasteiger partial charge in [0.2, 0.25) is 11.8 Å². The van der Waals surface area contributed by atoms with E-state index in [2.05, 4.69) is 24.2 Å². The number of aromatic nitrogens is 3. The molecule has 126 valence electrons. The van der Waals surface area contributed by atoms with Crippen LogP contribution in [0.4, 0.5) is 0 Å². The Morgan fingerprint density at radius 3 is 2.83 bits per heavy atom. The lowest BCUT2D eigenvalue weighted by atomic mass is 10.0. The quantitative estimate of drug-likeness (QED) is 0.784. The van der Waals surface area contributed by atoms with Gasteiger partial charge in [-0.25, -0.2) is 4.68 Å². The van der Waals surface area contributed by atoms with E-state index in [4.69, 9.17) is 4.74 Å². The fourth-order valence-corrected chi connectivity index (χ4v) is 3.09. The third-order valence-corrected chi connectivity index (χ3v) is 4.28. The van der Waals surface area contributed by atoms with Gasteiger partial charge in [-0.1, -0.05) is 19.1 Å². The van der Waals surface area contributed by atoms with Crippen molar-refractivity contribution < 1.29 is 14.3 Å². The Balaban J connectivity index is 1.72. The van der Waals surface area contributed by atoms with Crippen LogP contribution in [0.5, 0.6) is 0 Å². The van der Waals surface area contributed by atoms with E-state index in [1.165, 1.54) is 0 Å². The highest BCUT2D eigenvalue weighted by molar-refractivity contribution is 5.87. The minimum Gasteiger partial charge on any atom is -0.378 e. The summed E-state index contributed by atoms with van der Waals surface area (Å²) in [6, 6.07) is -0.362. The van der Waals surface area contributed by atoms with Gasteiger partial charge < -0.3 is 14.5 Å². The van der Waals surface area contributed by atoms with Crippen molar-refractivity contribution >= 4 is 11.8 Å². The first-order chi connectivity index (χ1) is 11.1. The number of morpholine rings is 1. The minimum atomic E-state index is -0.362. The molecule has 0 bridgehead atoms. The molecule has 0 saturated carbocycles. The summed E-state index contributed by atoms with van der Waals surface area (Å²) >= 11 is 0. The van der Waals surface area contributed by atoms with E-state index in [1.54, 1.807) is 20.7 Å². The molecule has 2 amide bonds. The summed E-state index contributed by atoms with van der Waals surface area (Å²) in [5.41, 5.74) is 0.880. The molecular weight excluding hydrogens is 298 g/mol. The number of amides is 2. The normalized spacial score (nSPS) is 21.7. The van der Waals surface area contributed by atoms with Crippen LogP contribution in [0.15, 0.2) is 6.20 Å². The molecule has 1 fully saturated rings. The van der Waals surface area contributed by atoms with Crippen LogP contribution in [0.2, 0.25) is 0 Å². The molecule has 0 unspecified atom stereocenters. The summed E-state index contributed by atoms with van der Waals surface area (Å²) in [5, 5.41) is 7.97. The second kappa shape index (κ2) is 6.66. The molecular formula is C15H23N5O3. The molecule has 3 heterocycles. The molecule has 0 spiro atoms. The van der Waals surface area contributed by atoms with E-state index in [9.17, 15) is 9.59 Å². The van der Waals surface area contributed by atoms with Gasteiger partial charge in [-0.05, 0) is 12.3 Å². The first-order valence-corrected chi connectivity index (χ1v) is 8.09. The lowest BCUT2D eigenvalue weighted by Crippen LogP contribution is -2.50. The molecule has 1 aromatic heterocycles. The van der Waals surface area contributed by atoms with E-state index in [-0.39, 0.29) is 24.4 Å². The summed E-state index contributed by atoms with van der Waals surface area (Å²) < 4.78 is 6.97. The van der Waals surface area contributed by atoms with Crippen LogP contribution in [0, 0.1) is 5.92 Å². The van der Waals surface area contributed by atoms with E-state index in [0.29, 0.717) is 45.2 Å². The van der Waals surface area contributed by atoms with Crippen molar-refractivity contribution in [3.8, 4) is 0 Å². The number of nitrogens with zero attached hydrogens (tertiary/aromatic N) is 5. The minimum absolute atomic E-state index is 0.0223. The maximum atomic E-state index is 12.8. The first-order valence-electron chi connectivity index (χ1n) is 8.09. The molecule has 8 nitrogen and oxygen atoms in total. The Morgan fingerprint density at radius 1 is 1.39 bits per heavy atom. The first kappa shape index (κ1) is 15.9. The maximum absolute atomic E-state index is 12.8. The molecule has 0 N–H and O–H groups in total. The largest absolute Gasteiger partial charge is 0.378 e. The second-order valence-electron chi connectivity index (χ2n) is 6.50. The Bertz CT molecular complexity index is 579. The lowest BCUT2D eigenvalue weighted by Gasteiger charge is -2.35. The number of ether oxygens (including phenoxy) is 1. The van der Waals surface area contributed by atoms with Crippen LogP contribution in [0.25, 0.3) is 0 Å². The van der Waals surface area contributed by atoms with E-state index in [0.717, 1.165) is 5.69 Å². The van der Waals surface area contributed by atoms with E-state index >= 15 is 0 Å². The average molecular weight is 321 g/mol. The number of fused-ring (bicyclic) bond motifs is 1. The Kier molecular flexibility index (Phi) is 4.61. The van der Waals surface area contributed by atoms with Crippen molar-refractivity contribution in [2.45, 2.75) is 32.9 Å². The Labute approximate surface area is 135 Å². The molecule has 0 aliphatic carbocycles. The fraction of sp³-hybridized carbons (Fsp3) is 0.733. The highest BCUT2D eigenvalue weighted by Crippen LogP contribution is 2.26. The fourth-order valence-electron chi connectivity index (χ4n) is 3.09. The second-order valence-corrected chi connectivity index (χ2v) is 6.50. The molecule has 23 heavy (non-hydrogen) atoms. The van der Waals surface area contributed by atoms with Gasteiger partial charge >= 0.3 is 0 Å². The zero-order valence-electron chi connectivity index (χ0n) is 13.6. The van der Waals surface area contributed by atoms with Gasteiger partial charge in [0.05, 0.1) is 31.6 Å². The third-order valence-electron chi connectivity index (χ3n) is 4.28. The molecule has 1 aromatic rings. The summed E-state index contributed by atoms with van der Waals surface area (Å²) in [7, 11) is 0. The third kappa shape index (κ3) is 3.36. The molecule has 3 rings (SSSR count). The van der Waals surface area contributed by atoms with Gasteiger partial charge in [0.25, 0.3) is 0 Å². The Hall–Kier alpha value is -1.96. The summed E-state index contributed by atoms with van der Waals surface area (Å²) in [4.78, 5) is 28.6. The smallest absolute Gasteiger partial charge is 0.248 e. The number of hydrogen-bond donors (Lipinski definition) is 0. The maximum Gasteiger partial charge on any atom is 0.248 e. The van der Waals surface area contributed by atoms with Crippen LogP contribution in [0.3, 0.4) is 0 Å². The summed E-state index contributed by atoms with van der Waals surface area (Å²) in [6.07, 6.45) is 2.36. The zero-order chi connectivity index (χ0) is 16.4. The molecule has 1 atom stereocenters. The van der Waals surface area contributed by atoms with Crippen molar-refractivity contribution in [1.29, 1.82) is 0 Å². The van der Waals surface area contributed by atoms with Crippen molar-refractivity contribution in [2.24, 2.45) is 5.92 Å². The summed E-state index contributed by atoms with van der Waals surface area (Å²) in [5.74, 6) is 0.292. The molecule has 2 aliphatic heterocycles. The van der Waals surface area contributed by atoms with E-state index in [1.807, 2.05) is 0 Å². The van der Waals surface area contributed by atoms with Gasteiger partial charge in [-0.15, -0.1) is 5.10 Å². The van der Waals surface area contributed by atoms with Crippen LogP contribution < -0.4 is 0 Å². The molecule has 2 aliphatic rings. The average Bonchev–Trinajstić information content (AvgIpc) is 3.00. The van der Waals surface area contributed by atoms with Crippen LogP contribution in [0.1, 0.15) is 32.0 Å². The van der Waals surface area contributed by atoms with Gasteiger partial charge in [0, 0.05) is 13.1 Å². The van der Waals surface area contributed by atoms with Gasteiger partial charge in [-0.3, -0.25) is 9.59 Å². The predicted molar refractivity (Wildman–Crippen MR) is 81.3 cm³/mol. The highest BCUT2D eigenvalue weighted by Gasteiger charge is 2.35. The van der Waals surface area contributed by atoms with Crippen molar-refractivity contribution in [3.63, 3.8) is 0 Å². The molecule has 1 saturated heterocycles. The van der Waals surface area contributed by atoms with Crippen LogP contribution in [-0.2, 0) is 20.9 Å². The van der Waals surface area contributed by atoms with Gasteiger partial charge in [-0.2, -0.15) is 0 Å². The standard InChI is InChI=1S/C15H23N5O3/c1-11(2)7-13-15(22)19(9-12-8-16-17-20(12)13)10-14(21)18-3-5-23-6-4-18/h8,11,13H,3-7,9-10H2,1-2H3/t13-/m0/s1. The van der Waals surface area contributed by atoms with Crippen molar-refractivity contribution in [1.82, 2.24) is 24.8 Å². The monoisotopic (exact) mass is 321 g/mol. The molecule has 0 aromatic carbocycles. The number of rotatable bonds is 4. The predicted octanol–water partition coefficient (Wildman–Crippen LogP) is 0.0663. The van der Waals surface area contributed by atoms with Crippen LogP contribution >= 0.6 is 0 Å². The lowest BCUT2D eigenvalue weighted by molar-refractivity contribution is -0.147. The highest BCUT2D eigenvalue weighted by atomic mass is 16.5. The SMILES string of the molecule is CC(C)C[C@H]1C(=O)N(CC(=O)N2CCOCC2)Cc2cnnn21. The van der Waals surface area contributed by atoms with Gasteiger partial charge in [0.15, 0.2) is 0 Å². The number of carbonyl (C=O) groups excluding carboxylic acids is 2. The molecule has 0 radical (unpaired) electrons. The van der Waals surface area contributed by atoms with Crippen LogP contribution in [-0.4, -0.2) is 69.5 Å². The summed E-state index contributed by atoms with van der Waals surface area (Å²) in [6.45, 7) is 6.95. The van der Waals surface area contributed by atoms with Crippen molar-refractivity contribution in [3.05, 3.63) is 11.9 Å². The molecule has 8 heteroatoms. The number of hydrogen-bond acceptors (Lipinski definition) is 5. The zero-order valence-corrected chi connectivity index (χ0v) is 13.6. The topological polar surface area (TPSA) is 80.6 Å². The van der Waals surface area contributed by atoms with Gasteiger partial charge in [0.1, 0.15) is 12.6 Å². The number of carbonyl (C=O) groups is 2.